The van der Waals surface area contributed by atoms with E-state index in [1.54, 1.807) is 18.7 Å². The van der Waals surface area contributed by atoms with Crippen LogP contribution >= 0.6 is 11.8 Å². The fraction of sp³-hybridized carbons (Fsp3) is 1.00. The molecule has 0 aromatic carbocycles. The quantitative estimate of drug-likeness (QED) is 0.792. The Kier molecular flexibility index (Phi) is 6.44. The second-order valence-electron chi connectivity index (χ2n) is 5.22. The molecular weight excluding hydrogens is 268 g/mol. The van der Waals surface area contributed by atoms with E-state index in [-0.39, 0.29) is 11.1 Å². The predicted molar refractivity (Wildman–Crippen MR) is 79.5 cm³/mol. The average molecular weight is 294 g/mol. The largest absolute Gasteiger partial charge is 0.330 e. The molecule has 1 fully saturated rings. The summed E-state index contributed by atoms with van der Waals surface area (Å²) < 4.78 is 24.2. The molecule has 0 spiro atoms. The fourth-order valence-electron chi connectivity index (χ4n) is 2.21. The van der Waals surface area contributed by atoms with Gasteiger partial charge in [-0.3, -0.25) is 4.90 Å². The summed E-state index contributed by atoms with van der Waals surface area (Å²) in [5, 5.41) is -0.311. The fourth-order valence-corrected chi connectivity index (χ4v) is 5.30. The lowest BCUT2D eigenvalue weighted by molar-refractivity contribution is 0.201. The molecule has 2 atom stereocenters. The zero-order valence-electron chi connectivity index (χ0n) is 11.6. The lowest BCUT2D eigenvalue weighted by atomic mass is 9.95. The molecule has 0 bridgehead atoms. The van der Waals surface area contributed by atoms with Gasteiger partial charge in [0.2, 0.25) is 0 Å². The summed E-state index contributed by atoms with van der Waals surface area (Å²) in [6.45, 7) is 8.32. The van der Waals surface area contributed by atoms with Crippen LogP contribution < -0.4 is 5.73 Å². The van der Waals surface area contributed by atoms with Crippen LogP contribution in [0.5, 0.6) is 0 Å². The van der Waals surface area contributed by atoms with Crippen molar-refractivity contribution < 1.29 is 8.42 Å². The highest BCUT2D eigenvalue weighted by molar-refractivity contribution is 8.01. The maximum absolute atomic E-state index is 12.1. The van der Waals surface area contributed by atoms with Crippen LogP contribution in [0.1, 0.15) is 20.8 Å². The van der Waals surface area contributed by atoms with Crippen LogP contribution in [0.15, 0.2) is 0 Å². The molecule has 1 saturated heterocycles. The molecule has 2 N–H and O–H groups in total. The van der Waals surface area contributed by atoms with Crippen LogP contribution in [0.25, 0.3) is 0 Å². The lowest BCUT2D eigenvalue weighted by Gasteiger charge is -2.37. The van der Waals surface area contributed by atoms with Gasteiger partial charge in [0, 0.05) is 30.3 Å². The summed E-state index contributed by atoms with van der Waals surface area (Å²) in [6, 6.07) is 0. The van der Waals surface area contributed by atoms with E-state index in [0.29, 0.717) is 24.1 Å². The Balaban J connectivity index is 2.77. The highest BCUT2D eigenvalue weighted by Crippen LogP contribution is 2.23. The highest BCUT2D eigenvalue weighted by atomic mass is 32.2. The molecule has 6 heteroatoms. The van der Waals surface area contributed by atoms with Gasteiger partial charge in [0.05, 0.1) is 0 Å². The molecule has 0 saturated carbocycles. The summed E-state index contributed by atoms with van der Waals surface area (Å²) in [6.07, 6.45) is 0. The monoisotopic (exact) mass is 294 g/mol. The molecule has 1 rings (SSSR count). The van der Waals surface area contributed by atoms with E-state index in [0.717, 1.165) is 18.8 Å². The predicted octanol–water partition coefficient (Wildman–Crippen LogP) is 1.03. The molecule has 0 aliphatic carbocycles. The van der Waals surface area contributed by atoms with Gasteiger partial charge in [0.15, 0.2) is 9.84 Å². The first-order chi connectivity index (χ1) is 8.42. The second kappa shape index (κ2) is 7.12. The Morgan fingerprint density at radius 3 is 2.61 bits per heavy atom. The van der Waals surface area contributed by atoms with Gasteiger partial charge >= 0.3 is 0 Å². The van der Waals surface area contributed by atoms with Crippen molar-refractivity contribution in [3.8, 4) is 0 Å². The number of hydrogen-bond acceptors (Lipinski definition) is 5. The summed E-state index contributed by atoms with van der Waals surface area (Å²) in [5.74, 6) is 2.82. The number of thioether (sulfide) groups is 1. The first kappa shape index (κ1) is 16.3. The molecule has 18 heavy (non-hydrogen) atoms. The minimum atomic E-state index is -2.99. The van der Waals surface area contributed by atoms with Crippen LogP contribution in [0.3, 0.4) is 0 Å². The molecular formula is C12H26N2O2S2. The zero-order chi connectivity index (χ0) is 13.8. The standard InChI is InChI=1S/C12H26N2O2S2/c1-4-18(15,16)12-9-17-6-5-14(12)8-11(7-13)10(2)3/h10-12H,4-9,13H2,1-3H3. The van der Waals surface area contributed by atoms with Crippen LogP contribution in [0.4, 0.5) is 0 Å². The maximum atomic E-state index is 12.1. The summed E-state index contributed by atoms with van der Waals surface area (Å²) in [7, 11) is -2.99. The third-order valence-corrected chi connectivity index (χ3v) is 7.05. The number of nitrogens with zero attached hydrogens (tertiary/aromatic N) is 1. The smallest absolute Gasteiger partial charge is 0.166 e. The van der Waals surface area contributed by atoms with Gasteiger partial charge in [-0.05, 0) is 18.4 Å². The van der Waals surface area contributed by atoms with Gasteiger partial charge in [-0.2, -0.15) is 11.8 Å². The van der Waals surface area contributed by atoms with Crippen molar-refractivity contribution in [2.75, 3.05) is 36.9 Å². The molecule has 0 aromatic heterocycles. The van der Waals surface area contributed by atoms with Crippen molar-refractivity contribution in [2.45, 2.75) is 26.1 Å². The summed E-state index contributed by atoms with van der Waals surface area (Å²) in [4.78, 5) is 2.13. The van der Waals surface area contributed by atoms with Crippen molar-refractivity contribution in [3.63, 3.8) is 0 Å². The molecule has 1 heterocycles. The first-order valence-electron chi connectivity index (χ1n) is 6.65. The van der Waals surface area contributed by atoms with Gasteiger partial charge < -0.3 is 5.73 Å². The number of hydrogen-bond donors (Lipinski definition) is 1. The zero-order valence-corrected chi connectivity index (χ0v) is 13.3. The molecule has 0 aromatic rings. The Hall–Kier alpha value is 0.220. The Labute approximate surface area is 116 Å². The van der Waals surface area contributed by atoms with E-state index in [1.165, 1.54) is 0 Å². The lowest BCUT2D eigenvalue weighted by Crippen LogP contribution is -2.50. The normalized spacial score (nSPS) is 24.4. The van der Waals surface area contributed by atoms with Crippen LogP contribution in [0, 0.1) is 11.8 Å². The molecule has 1 aliphatic heterocycles. The van der Waals surface area contributed by atoms with Crippen LogP contribution in [-0.4, -0.2) is 55.6 Å². The maximum Gasteiger partial charge on any atom is 0.166 e. The van der Waals surface area contributed by atoms with Crippen molar-refractivity contribution in [1.29, 1.82) is 0 Å². The molecule has 4 nitrogen and oxygen atoms in total. The third-order valence-electron chi connectivity index (χ3n) is 3.72. The molecule has 0 amide bonds. The van der Waals surface area contributed by atoms with Crippen molar-refractivity contribution in [1.82, 2.24) is 4.90 Å². The van der Waals surface area contributed by atoms with Gasteiger partial charge in [0.1, 0.15) is 5.37 Å². The van der Waals surface area contributed by atoms with E-state index in [4.69, 9.17) is 5.73 Å². The topological polar surface area (TPSA) is 63.4 Å². The molecule has 2 unspecified atom stereocenters. The first-order valence-corrected chi connectivity index (χ1v) is 9.52. The average Bonchev–Trinajstić information content (AvgIpc) is 2.35. The molecule has 1 aliphatic rings. The summed E-state index contributed by atoms with van der Waals surface area (Å²) >= 11 is 1.74. The molecule has 108 valence electrons. The number of nitrogens with two attached hydrogens (primary N) is 1. The van der Waals surface area contributed by atoms with E-state index >= 15 is 0 Å². The summed E-state index contributed by atoms with van der Waals surface area (Å²) in [5.41, 5.74) is 5.80. The van der Waals surface area contributed by atoms with Gasteiger partial charge in [-0.1, -0.05) is 20.8 Å². The van der Waals surface area contributed by atoms with E-state index in [1.807, 2.05) is 0 Å². The highest BCUT2D eigenvalue weighted by Gasteiger charge is 2.34. The van der Waals surface area contributed by atoms with Gasteiger partial charge in [-0.15, -0.1) is 0 Å². The SMILES string of the molecule is CCS(=O)(=O)C1CSCCN1CC(CN)C(C)C. The van der Waals surface area contributed by atoms with Crippen molar-refractivity contribution in [2.24, 2.45) is 17.6 Å². The Morgan fingerprint density at radius 1 is 1.44 bits per heavy atom. The minimum absolute atomic E-state index is 0.226. The minimum Gasteiger partial charge on any atom is -0.330 e. The van der Waals surface area contributed by atoms with E-state index in [2.05, 4.69) is 18.7 Å². The Bertz CT molecular complexity index is 344. The van der Waals surface area contributed by atoms with Crippen LogP contribution in [0.2, 0.25) is 0 Å². The van der Waals surface area contributed by atoms with Crippen LogP contribution in [-0.2, 0) is 9.84 Å². The van der Waals surface area contributed by atoms with Gasteiger partial charge in [0.25, 0.3) is 0 Å². The second-order valence-corrected chi connectivity index (χ2v) is 8.81. The van der Waals surface area contributed by atoms with E-state index in [9.17, 15) is 8.42 Å². The number of sulfone groups is 1. The van der Waals surface area contributed by atoms with Crippen molar-refractivity contribution in [3.05, 3.63) is 0 Å². The molecule has 0 radical (unpaired) electrons. The Morgan fingerprint density at radius 2 is 2.11 bits per heavy atom. The van der Waals surface area contributed by atoms with Gasteiger partial charge in [-0.25, -0.2) is 8.42 Å². The number of rotatable bonds is 6. The van der Waals surface area contributed by atoms with E-state index < -0.39 is 9.84 Å². The third kappa shape index (κ3) is 4.11. The van der Waals surface area contributed by atoms with Crippen molar-refractivity contribution >= 4 is 21.6 Å².